The zero-order valence-corrected chi connectivity index (χ0v) is 23.9. The van der Waals surface area contributed by atoms with Gasteiger partial charge >= 0.3 is 0 Å². The molecule has 9 nitrogen and oxygen atoms in total. The molecule has 0 aliphatic carbocycles. The van der Waals surface area contributed by atoms with Crippen molar-refractivity contribution in [2.45, 2.75) is 44.4 Å². The molecule has 2 N–H and O–H groups in total. The third-order valence-electron chi connectivity index (χ3n) is 6.82. The summed E-state index contributed by atoms with van der Waals surface area (Å²) in [6.07, 6.45) is 0.950. The predicted molar refractivity (Wildman–Crippen MR) is 157 cm³/mol. The lowest BCUT2D eigenvalue weighted by molar-refractivity contribution is -0.128. The number of carbonyl (C=O) groups is 1. The van der Waals surface area contributed by atoms with Crippen LogP contribution in [0.2, 0.25) is 0 Å². The highest BCUT2D eigenvalue weighted by Crippen LogP contribution is 2.34. The summed E-state index contributed by atoms with van der Waals surface area (Å²) in [7, 11) is 0. The number of hydrogen-bond acceptors (Lipinski definition) is 6. The van der Waals surface area contributed by atoms with Gasteiger partial charge in [-0.25, -0.2) is 4.99 Å². The molecule has 4 rings (SSSR count). The Morgan fingerprint density at radius 1 is 1.15 bits per heavy atom. The minimum atomic E-state index is -1.22. The fourth-order valence-electron chi connectivity index (χ4n) is 4.55. The lowest BCUT2D eigenvalue weighted by Crippen LogP contribution is -2.53. The van der Waals surface area contributed by atoms with E-state index >= 15 is 0 Å². The summed E-state index contributed by atoms with van der Waals surface area (Å²) < 4.78 is 12.9. The van der Waals surface area contributed by atoms with E-state index in [-0.39, 0.29) is 25.5 Å². The van der Waals surface area contributed by atoms with Crippen LogP contribution in [0.1, 0.15) is 35.6 Å². The van der Waals surface area contributed by atoms with Crippen molar-refractivity contribution in [3.8, 4) is 5.75 Å². The van der Waals surface area contributed by atoms with Crippen molar-refractivity contribution < 1.29 is 19.4 Å². The Balaban J connectivity index is 1.61. The molecule has 10 heteroatoms. The highest BCUT2D eigenvalue weighted by Gasteiger charge is 2.50. The first-order chi connectivity index (χ1) is 19.4. The molecular formula is C30H32BrN5O4. The Morgan fingerprint density at radius 2 is 1.88 bits per heavy atom. The molecule has 3 aromatic carbocycles. The first-order valence-corrected chi connectivity index (χ1v) is 14.0. The number of carbonyl (C=O) groups excluding carboxylic acids is 1. The second-order valence-electron chi connectivity index (χ2n) is 9.52. The average Bonchev–Trinajstić information content (AvgIpc) is 3.30. The largest absolute Gasteiger partial charge is 0.494 e. The fourth-order valence-corrected chi connectivity index (χ4v) is 4.81. The molecule has 0 saturated carbocycles. The summed E-state index contributed by atoms with van der Waals surface area (Å²) in [5, 5.41) is 15.8. The van der Waals surface area contributed by atoms with Gasteiger partial charge in [0.2, 0.25) is 5.90 Å². The van der Waals surface area contributed by atoms with Gasteiger partial charge in [-0.2, -0.15) is 0 Å². The van der Waals surface area contributed by atoms with Crippen LogP contribution in [0.4, 0.5) is 0 Å². The number of amides is 1. The molecule has 1 aliphatic heterocycles. The van der Waals surface area contributed by atoms with Crippen LogP contribution in [0.15, 0.2) is 87.4 Å². The van der Waals surface area contributed by atoms with Crippen molar-refractivity contribution in [3.05, 3.63) is 110 Å². The maximum atomic E-state index is 13.9. The first-order valence-electron chi connectivity index (χ1n) is 13.2. The molecule has 208 valence electrons. The van der Waals surface area contributed by atoms with Gasteiger partial charge in [0.05, 0.1) is 13.2 Å². The Bertz CT molecular complexity index is 1370. The Labute approximate surface area is 242 Å². The van der Waals surface area contributed by atoms with Crippen LogP contribution in [0.3, 0.4) is 0 Å². The molecular weight excluding hydrogens is 574 g/mol. The summed E-state index contributed by atoms with van der Waals surface area (Å²) in [5.74, 6) is 0.826. The first kappa shape index (κ1) is 29.1. The summed E-state index contributed by atoms with van der Waals surface area (Å²) >= 11 is 3.45. The number of azide groups is 1. The van der Waals surface area contributed by atoms with Crippen molar-refractivity contribution >= 4 is 27.7 Å². The number of aliphatic imine (C=N–C) groups is 1. The average molecular weight is 607 g/mol. The summed E-state index contributed by atoms with van der Waals surface area (Å²) in [4.78, 5) is 21.7. The summed E-state index contributed by atoms with van der Waals surface area (Å²) in [6, 6.07) is 22.9. The van der Waals surface area contributed by atoms with Crippen LogP contribution in [0, 0.1) is 0 Å². The van der Waals surface area contributed by atoms with Gasteiger partial charge < -0.3 is 19.9 Å². The Kier molecular flexibility index (Phi) is 10.2. The number of benzene rings is 3. The highest BCUT2D eigenvalue weighted by molar-refractivity contribution is 9.10. The topological polar surface area (TPSA) is 129 Å². The van der Waals surface area contributed by atoms with Crippen LogP contribution in [0.5, 0.6) is 5.75 Å². The van der Waals surface area contributed by atoms with Gasteiger partial charge in [-0.3, -0.25) is 4.79 Å². The molecule has 0 spiro atoms. The van der Waals surface area contributed by atoms with E-state index in [0.717, 1.165) is 26.7 Å². The molecule has 0 fully saturated rings. The van der Waals surface area contributed by atoms with Gasteiger partial charge in [-0.1, -0.05) is 57.4 Å². The van der Waals surface area contributed by atoms with Gasteiger partial charge in [0.25, 0.3) is 5.91 Å². The zero-order chi connectivity index (χ0) is 28.4. The third-order valence-corrected chi connectivity index (χ3v) is 7.35. The highest BCUT2D eigenvalue weighted by atomic mass is 79.9. The molecule has 0 bridgehead atoms. The monoisotopic (exact) mass is 605 g/mol. The fraction of sp³-hybridized carbons (Fsp3) is 0.333. The zero-order valence-electron chi connectivity index (χ0n) is 22.3. The quantitative estimate of drug-likeness (QED) is 0.115. The maximum absolute atomic E-state index is 13.9. The molecule has 2 atom stereocenters. The van der Waals surface area contributed by atoms with Gasteiger partial charge in [0, 0.05) is 40.9 Å². The smallest absolute Gasteiger partial charge is 0.252 e. The van der Waals surface area contributed by atoms with Gasteiger partial charge in [0.1, 0.15) is 11.9 Å². The number of nitrogens with one attached hydrogen (secondary N) is 1. The Hall–Kier alpha value is -3.85. The minimum absolute atomic E-state index is 0.0693. The van der Waals surface area contributed by atoms with E-state index in [1.165, 1.54) is 0 Å². The van der Waals surface area contributed by atoms with E-state index in [1.54, 1.807) is 0 Å². The van der Waals surface area contributed by atoms with Crippen LogP contribution >= 0.6 is 15.9 Å². The number of halogens is 1. The van der Waals surface area contributed by atoms with Crippen LogP contribution in [0.25, 0.3) is 10.4 Å². The molecule has 1 aliphatic rings. The standard InChI is InChI=1S/C30H32BrN5O4/c1-21-30(19-24-5-2-3-6-25(24)20-34-36-32,29(38)33-16-15-22-7-11-26(31)12-8-22)35-28(40-21)23-9-13-27(14-10-23)39-18-4-17-37/h2-3,5-14,21,37H,4,15-20H2,1H3,(H,33,38)/t21-,30-/m1/s1. The molecule has 1 heterocycles. The summed E-state index contributed by atoms with van der Waals surface area (Å²) in [6.45, 7) is 2.97. The normalized spacial score (nSPS) is 17.9. The lowest BCUT2D eigenvalue weighted by Gasteiger charge is -2.29. The maximum Gasteiger partial charge on any atom is 0.252 e. The predicted octanol–water partition coefficient (Wildman–Crippen LogP) is 5.53. The second kappa shape index (κ2) is 14.0. The molecule has 0 unspecified atom stereocenters. The number of aliphatic hydroxyl groups excluding tert-OH is 1. The summed E-state index contributed by atoms with van der Waals surface area (Å²) in [5.41, 5.74) is 11.2. The van der Waals surface area contributed by atoms with E-state index in [4.69, 9.17) is 25.1 Å². The van der Waals surface area contributed by atoms with Crippen molar-refractivity contribution in [2.24, 2.45) is 10.1 Å². The second-order valence-corrected chi connectivity index (χ2v) is 10.4. The number of aliphatic hydroxyl groups is 1. The number of ether oxygens (including phenoxy) is 2. The number of hydrogen-bond donors (Lipinski definition) is 2. The van der Waals surface area contributed by atoms with E-state index in [1.807, 2.05) is 79.7 Å². The van der Waals surface area contributed by atoms with E-state index in [2.05, 4.69) is 31.3 Å². The van der Waals surface area contributed by atoms with E-state index in [0.29, 0.717) is 37.6 Å². The molecule has 40 heavy (non-hydrogen) atoms. The molecule has 0 saturated heterocycles. The molecule has 0 radical (unpaired) electrons. The minimum Gasteiger partial charge on any atom is -0.494 e. The van der Waals surface area contributed by atoms with E-state index < -0.39 is 11.6 Å². The van der Waals surface area contributed by atoms with Crippen molar-refractivity contribution in [1.82, 2.24) is 5.32 Å². The van der Waals surface area contributed by atoms with Gasteiger partial charge in [0.15, 0.2) is 5.54 Å². The van der Waals surface area contributed by atoms with Crippen LogP contribution in [-0.2, 0) is 28.9 Å². The van der Waals surface area contributed by atoms with Gasteiger partial charge in [-0.15, -0.1) is 0 Å². The molecule has 0 aromatic heterocycles. The number of nitrogens with zero attached hydrogens (tertiary/aromatic N) is 4. The van der Waals surface area contributed by atoms with Crippen LogP contribution in [-0.4, -0.2) is 48.3 Å². The van der Waals surface area contributed by atoms with Gasteiger partial charge in [-0.05, 0) is 72.0 Å². The van der Waals surface area contributed by atoms with Crippen LogP contribution < -0.4 is 10.1 Å². The molecule has 1 amide bonds. The lowest BCUT2D eigenvalue weighted by atomic mass is 9.84. The van der Waals surface area contributed by atoms with E-state index in [9.17, 15) is 4.79 Å². The SMILES string of the molecule is C[C@H]1OC(c2ccc(OCCCO)cc2)=N[C@@]1(Cc1ccccc1CN=[N+]=[N-])C(=O)NCCc1ccc(Br)cc1. The third kappa shape index (κ3) is 7.21. The van der Waals surface area contributed by atoms with Crippen molar-refractivity contribution in [2.75, 3.05) is 19.8 Å². The van der Waals surface area contributed by atoms with Crippen molar-refractivity contribution in [3.63, 3.8) is 0 Å². The molecule has 3 aromatic rings. The number of rotatable bonds is 13. The van der Waals surface area contributed by atoms with Crippen molar-refractivity contribution in [1.29, 1.82) is 0 Å². The Morgan fingerprint density at radius 3 is 2.58 bits per heavy atom.